The zero-order valence-corrected chi connectivity index (χ0v) is 15.7. The minimum Gasteiger partial charge on any atom is -0.455 e. The molecule has 1 heterocycles. The summed E-state index contributed by atoms with van der Waals surface area (Å²) in [5.41, 5.74) is -0.653. The molecule has 1 aromatic heterocycles. The Morgan fingerprint density at radius 3 is 2.54 bits per heavy atom. The predicted octanol–water partition coefficient (Wildman–Crippen LogP) is 3.86. The Morgan fingerprint density at radius 2 is 1.92 bits per heavy atom. The van der Waals surface area contributed by atoms with Crippen LogP contribution < -0.4 is 0 Å². The minimum absolute atomic E-state index is 0.186. The number of carbonyl (C=O) groups is 2. The van der Waals surface area contributed by atoms with E-state index in [1.807, 2.05) is 6.92 Å². The summed E-state index contributed by atoms with van der Waals surface area (Å²) in [6.45, 7) is 7.25. The molecule has 2 rings (SSSR count). The molecule has 1 aliphatic rings. The van der Waals surface area contributed by atoms with E-state index in [-0.39, 0.29) is 23.4 Å². The van der Waals surface area contributed by atoms with Gasteiger partial charge in [0.15, 0.2) is 0 Å². The molecule has 26 heavy (non-hydrogen) atoms. The third-order valence-electron chi connectivity index (χ3n) is 3.99. The van der Waals surface area contributed by atoms with Crippen molar-refractivity contribution in [3.63, 3.8) is 0 Å². The molecule has 7 nitrogen and oxygen atoms in total. The SMILES string of the molecule is C[C@H]1CCCC[C@@H]1OC(=O)O/N=C(\C(=O)OC(C)(C)C)c1ccccn1. The van der Waals surface area contributed by atoms with E-state index in [1.54, 1.807) is 39.0 Å². The Hall–Kier alpha value is -2.44. The van der Waals surface area contributed by atoms with Crippen LogP contribution in [0.5, 0.6) is 0 Å². The highest BCUT2D eigenvalue weighted by Gasteiger charge is 2.27. The van der Waals surface area contributed by atoms with E-state index in [0.29, 0.717) is 0 Å². The lowest BCUT2D eigenvalue weighted by Gasteiger charge is -2.27. The van der Waals surface area contributed by atoms with Crippen LogP contribution in [0.1, 0.15) is 59.1 Å². The number of esters is 1. The second kappa shape index (κ2) is 8.78. The Bertz CT molecular complexity index is 652. The van der Waals surface area contributed by atoms with Gasteiger partial charge in [0.2, 0.25) is 5.71 Å². The van der Waals surface area contributed by atoms with Crippen molar-refractivity contribution in [2.45, 2.75) is 65.1 Å². The van der Waals surface area contributed by atoms with Gasteiger partial charge in [-0.05, 0) is 58.1 Å². The van der Waals surface area contributed by atoms with E-state index in [9.17, 15) is 9.59 Å². The van der Waals surface area contributed by atoms with Crippen molar-refractivity contribution in [1.82, 2.24) is 4.98 Å². The molecule has 0 amide bonds. The fourth-order valence-corrected chi connectivity index (χ4v) is 2.70. The summed E-state index contributed by atoms with van der Waals surface area (Å²) >= 11 is 0. The number of nitrogens with zero attached hydrogens (tertiary/aromatic N) is 2. The summed E-state index contributed by atoms with van der Waals surface area (Å²) in [4.78, 5) is 33.3. The molecule has 0 unspecified atom stereocenters. The normalized spacial score (nSPS) is 21.0. The standard InChI is InChI=1S/C19H26N2O5/c1-13-9-5-6-11-15(13)24-18(23)26-21-16(14-10-7-8-12-20-14)17(22)25-19(2,3)4/h7-8,10,12-13,15H,5-6,9,11H2,1-4H3/b21-16-/t13-,15-/m0/s1. The molecule has 142 valence electrons. The summed E-state index contributed by atoms with van der Waals surface area (Å²) in [5, 5.41) is 3.67. The zero-order chi connectivity index (χ0) is 19.2. The van der Waals surface area contributed by atoms with Gasteiger partial charge in [-0.15, -0.1) is 0 Å². The van der Waals surface area contributed by atoms with Crippen LogP contribution in [-0.2, 0) is 19.1 Å². The number of hydrogen-bond acceptors (Lipinski definition) is 7. The summed E-state index contributed by atoms with van der Waals surface area (Å²) in [6, 6.07) is 4.99. The highest BCUT2D eigenvalue weighted by Crippen LogP contribution is 2.26. The number of hydrogen-bond donors (Lipinski definition) is 0. The van der Waals surface area contributed by atoms with Gasteiger partial charge in [-0.1, -0.05) is 24.6 Å². The summed E-state index contributed by atoms with van der Waals surface area (Å²) in [6.07, 6.45) is 4.36. The molecule has 2 atom stereocenters. The first-order valence-corrected chi connectivity index (χ1v) is 8.86. The van der Waals surface area contributed by atoms with Crippen LogP contribution >= 0.6 is 0 Å². The second-order valence-corrected chi connectivity index (χ2v) is 7.42. The number of rotatable bonds is 4. The number of pyridine rings is 1. The van der Waals surface area contributed by atoms with Gasteiger partial charge in [0, 0.05) is 6.20 Å². The van der Waals surface area contributed by atoms with E-state index in [4.69, 9.17) is 14.3 Å². The molecule has 0 N–H and O–H groups in total. The van der Waals surface area contributed by atoms with E-state index in [2.05, 4.69) is 10.1 Å². The van der Waals surface area contributed by atoms with Gasteiger partial charge < -0.3 is 9.47 Å². The predicted molar refractivity (Wildman–Crippen MR) is 95.6 cm³/mol. The molecule has 1 fully saturated rings. The Kier molecular flexibility index (Phi) is 6.71. The maximum Gasteiger partial charge on any atom is 0.535 e. The average Bonchev–Trinajstić information content (AvgIpc) is 2.56. The van der Waals surface area contributed by atoms with Crippen LogP contribution in [0.4, 0.5) is 4.79 Å². The van der Waals surface area contributed by atoms with E-state index < -0.39 is 17.7 Å². The number of carbonyl (C=O) groups excluding carboxylic acids is 2. The third-order valence-corrected chi connectivity index (χ3v) is 3.99. The van der Waals surface area contributed by atoms with Crippen molar-refractivity contribution in [1.29, 1.82) is 0 Å². The lowest BCUT2D eigenvalue weighted by Crippen LogP contribution is -2.31. The molecular weight excluding hydrogens is 336 g/mol. The van der Waals surface area contributed by atoms with Crippen LogP contribution in [0.2, 0.25) is 0 Å². The first-order chi connectivity index (χ1) is 12.3. The average molecular weight is 362 g/mol. The lowest BCUT2D eigenvalue weighted by molar-refractivity contribution is -0.146. The van der Waals surface area contributed by atoms with Crippen LogP contribution in [-0.4, -0.2) is 34.5 Å². The molecule has 0 radical (unpaired) electrons. The second-order valence-electron chi connectivity index (χ2n) is 7.42. The topological polar surface area (TPSA) is 87.1 Å². The molecule has 0 aromatic carbocycles. The Balaban J connectivity index is 2.09. The first kappa shape index (κ1) is 19.9. The fraction of sp³-hybridized carbons (Fsp3) is 0.579. The van der Waals surface area contributed by atoms with Gasteiger partial charge in [0.05, 0.1) is 5.69 Å². The van der Waals surface area contributed by atoms with E-state index >= 15 is 0 Å². The van der Waals surface area contributed by atoms with Gasteiger partial charge in [-0.2, -0.15) is 0 Å². The van der Waals surface area contributed by atoms with Crippen molar-refractivity contribution in [2.75, 3.05) is 0 Å². The highest BCUT2D eigenvalue weighted by atomic mass is 16.8. The molecule has 0 saturated heterocycles. The van der Waals surface area contributed by atoms with Crippen molar-refractivity contribution >= 4 is 17.8 Å². The van der Waals surface area contributed by atoms with E-state index in [0.717, 1.165) is 25.7 Å². The van der Waals surface area contributed by atoms with Crippen molar-refractivity contribution in [3.05, 3.63) is 30.1 Å². The maximum absolute atomic E-state index is 12.4. The molecule has 7 heteroatoms. The highest BCUT2D eigenvalue weighted by molar-refractivity contribution is 6.42. The third kappa shape index (κ3) is 6.13. The van der Waals surface area contributed by atoms with Gasteiger partial charge in [-0.3, -0.25) is 9.82 Å². The van der Waals surface area contributed by atoms with Crippen molar-refractivity contribution in [3.8, 4) is 0 Å². The van der Waals surface area contributed by atoms with Crippen LogP contribution in [0, 0.1) is 5.92 Å². The van der Waals surface area contributed by atoms with Crippen LogP contribution in [0.15, 0.2) is 29.6 Å². The van der Waals surface area contributed by atoms with Crippen molar-refractivity contribution in [2.24, 2.45) is 11.1 Å². The smallest absolute Gasteiger partial charge is 0.455 e. The molecule has 1 saturated carbocycles. The van der Waals surface area contributed by atoms with Crippen LogP contribution in [0.25, 0.3) is 0 Å². The fourth-order valence-electron chi connectivity index (χ4n) is 2.70. The Morgan fingerprint density at radius 1 is 1.19 bits per heavy atom. The Labute approximate surface area is 153 Å². The largest absolute Gasteiger partial charge is 0.535 e. The molecule has 0 bridgehead atoms. The molecule has 1 aliphatic carbocycles. The maximum atomic E-state index is 12.4. The molecular formula is C19H26N2O5. The van der Waals surface area contributed by atoms with E-state index in [1.165, 1.54) is 6.20 Å². The zero-order valence-electron chi connectivity index (χ0n) is 15.7. The number of oxime groups is 1. The van der Waals surface area contributed by atoms with Gasteiger partial charge >= 0.3 is 12.1 Å². The summed E-state index contributed by atoms with van der Waals surface area (Å²) in [7, 11) is 0. The summed E-state index contributed by atoms with van der Waals surface area (Å²) < 4.78 is 10.6. The minimum atomic E-state index is -0.930. The number of ether oxygens (including phenoxy) is 2. The van der Waals surface area contributed by atoms with Gasteiger partial charge in [-0.25, -0.2) is 9.59 Å². The van der Waals surface area contributed by atoms with Gasteiger partial charge in [0.1, 0.15) is 11.7 Å². The van der Waals surface area contributed by atoms with Gasteiger partial charge in [0.25, 0.3) is 0 Å². The summed E-state index contributed by atoms with van der Waals surface area (Å²) in [5.74, 6) is -0.448. The molecule has 1 aromatic rings. The number of aromatic nitrogens is 1. The lowest BCUT2D eigenvalue weighted by atomic mass is 9.88. The van der Waals surface area contributed by atoms with Crippen molar-refractivity contribution < 1.29 is 23.9 Å². The monoisotopic (exact) mass is 362 g/mol. The first-order valence-electron chi connectivity index (χ1n) is 8.86. The van der Waals surface area contributed by atoms with Crippen LogP contribution in [0.3, 0.4) is 0 Å². The quantitative estimate of drug-likeness (QED) is 0.350. The molecule has 0 aliphatic heterocycles. The molecule has 0 spiro atoms.